The van der Waals surface area contributed by atoms with E-state index < -0.39 is 5.97 Å². The Kier molecular flexibility index (Phi) is 3.96. The third kappa shape index (κ3) is 3.41. The lowest BCUT2D eigenvalue weighted by Crippen LogP contribution is -2.09. The first-order valence-electron chi connectivity index (χ1n) is 5.70. The molecule has 0 radical (unpaired) electrons. The maximum absolute atomic E-state index is 10.7. The van der Waals surface area contributed by atoms with Crippen LogP contribution in [0.15, 0.2) is 17.6 Å². The van der Waals surface area contributed by atoms with Crippen LogP contribution in [0.1, 0.15) is 21.1 Å². The van der Waals surface area contributed by atoms with Gasteiger partial charge < -0.3 is 16.2 Å². The maximum atomic E-state index is 10.7. The molecule has 7 heteroatoms. The number of hydrogen-bond acceptors (Lipinski definition) is 6. The first-order chi connectivity index (χ1) is 9.06. The highest BCUT2D eigenvalue weighted by Gasteiger charge is 2.07. The molecule has 2 heterocycles. The van der Waals surface area contributed by atoms with Crippen LogP contribution in [0, 0.1) is 6.92 Å². The van der Waals surface area contributed by atoms with Gasteiger partial charge in [0, 0.05) is 30.2 Å². The van der Waals surface area contributed by atoms with Crippen LogP contribution in [0.25, 0.3) is 0 Å². The van der Waals surface area contributed by atoms with Gasteiger partial charge in [0.25, 0.3) is 0 Å². The molecule has 4 N–H and O–H groups in total. The number of carboxylic acids is 1. The molecule has 0 unspecified atom stereocenters. The molecule has 0 aliphatic rings. The molecule has 0 amide bonds. The lowest BCUT2D eigenvalue weighted by molar-refractivity contribution is 0.0696. The second-order valence-corrected chi connectivity index (χ2v) is 4.97. The number of nitrogens with one attached hydrogen (secondary N) is 1. The highest BCUT2D eigenvalue weighted by Crippen LogP contribution is 2.17. The summed E-state index contributed by atoms with van der Waals surface area (Å²) in [6.07, 6.45) is 2.06. The fourth-order valence-corrected chi connectivity index (χ4v) is 2.33. The number of nitrogen functional groups attached to an aromatic ring is 1. The Bertz CT molecular complexity index is 597. The van der Waals surface area contributed by atoms with Gasteiger partial charge in [0.1, 0.15) is 5.82 Å². The number of nitrogens with zero attached hydrogens (tertiary/aromatic N) is 2. The molecule has 0 atom stereocenters. The Hall–Kier alpha value is -2.15. The summed E-state index contributed by atoms with van der Waals surface area (Å²) >= 11 is 1.61. The quantitative estimate of drug-likeness (QED) is 0.770. The largest absolute Gasteiger partial charge is 0.478 e. The van der Waals surface area contributed by atoms with Crippen LogP contribution in [0.3, 0.4) is 0 Å². The summed E-state index contributed by atoms with van der Waals surface area (Å²) in [5, 5.41) is 14.9. The van der Waals surface area contributed by atoms with E-state index in [0.717, 1.165) is 17.1 Å². The molecule has 0 aromatic carbocycles. The van der Waals surface area contributed by atoms with Gasteiger partial charge in [0.2, 0.25) is 0 Å². The van der Waals surface area contributed by atoms with Crippen molar-refractivity contribution in [3.8, 4) is 0 Å². The van der Waals surface area contributed by atoms with E-state index in [1.807, 2.05) is 12.3 Å². The maximum Gasteiger partial charge on any atom is 0.337 e. The predicted molar refractivity (Wildman–Crippen MR) is 74.7 cm³/mol. The van der Waals surface area contributed by atoms with E-state index in [0.29, 0.717) is 18.1 Å². The highest BCUT2D eigenvalue weighted by atomic mass is 32.1. The number of anilines is 2. The Labute approximate surface area is 114 Å². The van der Waals surface area contributed by atoms with Gasteiger partial charge in [-0.15, -0.1) is 11.3 Å². The van der Waals surface area contributed by atoms with Crippen LogP contribution in [-0.2, 0) is 6.42 Å². The van der Waals surface area contributed by atoms with Crippen molar-refractivity contribution in [2.45, 2.75) is 13.3 Å². The average Bonchev–Trinajstić information content (AvgIpc) is 2.77. The lowest BCUT2D eigenvalue weighted by atomic mass is 10.2. The van der Waals surface area contributed by atoms with Crippen LogP contribution in [0.2, 0.25) is 0 Å². The van der Waals surface area contributed by atoms with E-state index in [2.05, 4.69) is 15.3 Å². The minimum atomic E-state index is -1.04. The Balaban J connectivity index is 1.94. The minimum Gasteiger partial charge on any atom is -0.478 e. The zero-order valence-corrected chi connectivity index (χ0v) is 11.2. The lowest BCUT2D eigenvalue weighted by Gasteiger charge is -2.07. The predicted octanol–water partition coefficient (Wildman–Crippen LogP) is 1.78. The van der Waals surface area contributed by atoms with Crippen LogP contribution in [-0.4, -0.2) is 27.6 Å². The van der Waals surface area contributed by atoms with Gasteiger partial charge in [-0.3, -0.25) is 0 Å². The smallest absolute Gasteiger partial charge is 0.337 e. The van der Waals surface area contributed by atoms with Gasteiger partial charge in [-0.25, -0.2) is 14.8 Å². The standard InChI is InChI=1S/C12H14N4O2S/c1-7-6-19-10(16-7)2-3-14-11-9(13)4-8(5-15-11)12(17)18/h4-6H,2-3,13H2,1H3,(H,14,15)(H,17,18). The molecule has 0 fully saturated rings. The number of nitrogens with two attached hydrogens (primary N) is 1. The first-order valence-corrected chi connectivity index (χ1v) is 6.58. The molecule has 0 spiro atoms. The summed E-state index contributed by atoms with van der Waals surface area (Å²) in [4.78, 5) is 19.1. The Morgan fingerprint density at radius 3 is 2.95 bits per heavy atom. The van der Waals surface area contributed by atoms with Crippen LogP contribution >= 0.6 is 11.3 Å². The number of carbonyl (C=O) groups is 1. The molecular formula is C12H14N4O2S. The monoisotopic (exact) mass is 278 g/mol. The van der Waals surface area contributed by atoms with Crippen molar-refractivity contribution in [3.63, 3.8) is 0 Å². The van der Waals surface area contributed by atoms with E-state index in [1.54, 1.807) is 11.3 Å². The molecule has 2 rings (SSSR count). The molecule has 2 aromatic heterocycles. The fourth-order valence-electron chi connectivity index (χ4n) is 1.55. The van der Waals surface area contributed by atoms with E-state index >= 15 is 0 Å². The molecule has 2 aromatic rings. The van der Waals surface area contributed by atoms with Gasteiger partial charge in [-0.2, -0.15) is 0 Å². The van der Waals surface area contributed by atoms with Crippen molar-refractivity contribution in [1.82, 2.24) is 9.97 Å². The minimum absolute atomic E-state index is 0.0820. The second kappa shape index (κ2) is 5.66. The van der Waals surface area contributed by atoms with Crippen molar-refractivity contribution in [2.75, 3.05) is 17.6 Å². The van der Waals surface area contributed by atoms with Gasteiger partial charge in [0.05, 0.1) is 16.3 Å². The molecule has 6 nitrogen and oxygen atoms in total. The summed E-state index contributed by atoms with van der Waals surface area (Å²) in [5.41, 5.74) is 7.17. The van der Waals surface area contributed by atoms with Gasteiger partial charge in [-0.05, 0) is 13.0 Å². The Morgan fingerprint density at radius 1 is 1.58 bits per heavy atom. The number of aromatic carboxylic acids is 1. The highest BCUT2D eigenvalue weighted by molar-refractivity contribution is 7.09. The van der Waals surface area contributed by atoms with Crippen molar-refractivity contribution < 1.29 is 9.90 Å². The number of aryl methyl sites for hydroxylation is 1. The summed E-state index contributed by atoms with van der Waals surface area (Å²) in [7, 11) is 0. The van der Waals surface area contributed by atoms with Crippen LogP contribution in [0.5, 0.6) is 0 Å². The Morgan fingerprint density at radius 2 is 2.37 bits per heavy atom. The molecule has 100 valence electrons. The van der Waals surface area contributed by atoms with Crippen molar-refractivity contribution >= 4 is 28.8 Å². The number of hydrogen-bond donors (Lipinski definition) is 3. The molecule has 0 saturated carbocycles. The van der Waals surface area contributed by atoms with Gasteiger partial charge in [0.15, 0.2) is 0 Å². The normalized spacial score (nSPS) is 10.4. The summed E-state index contributed by atoms with van der Waals surface area (Å²) < 4.78 is 0. The number of carboxylic acid groups (broad SMARTS) is 1. The SMILES string of the molecule is Cc1csc(CCNc2ncc(C(=O)O)cc2N)n1. The third-order valence-corrected chi connectivity index (χ3v) is 3.49. The summed E-state index contributed by atoms with van der Waals surface area (Å²) in [6.45, 7) is 2.61. The summed E-state index contributed by atoms with van der Waals surface area (Å²) in [5.74, 6) is -0.540. The van der Waals surface area contributed by atoms with E-state index in [9.17, 15) is 4.79 Å². The molecule has 0 bridgehead atoms. The first kappa shape index (κ1) is 13.3. The third-order valence-electron chi connectivity index (χ3n) is 2.46. The number of aromatic nitrogens is 2. The average molecular weight is 278 g/mol. The molecule has 0 aliphatic heterocycles. The molecule has 0 aliphatic carbocycles. The van der Waals surface area contributed by atoms with Crippen molar-refractivity contribution in [1.29, 1.82) is 0 Å². The number of thiazole rings is 1. The molecule has 0 saturated heterocycles. The van der Waals surface area contributed by atoms with E-state index in [1.165, 1.54) is 12.3 Å². The van der Waals surface area contributed by atoms with Crippen molar-refractivity contribution in [3.05, 3.63) is 33.9 Å². The summed E-state index contributed by atoms with van der Waals surface area (Å²) in [6, 6.07) is 1.39. The number of rotatable bonds is 5. The topological polar surface area (TPSA) is 101 Å². The van der Waals surface area contributed by atoms with Gasteiger partial charge >= 0.3 is 5.97 Å². The van der Waals surface area contributed by atoms with E-state index in [-0.39, 0.29) is 5.56 Å². The zero-order valence-electron chi connectivity index (χ0n) is 10.4. The van der Waals surface area contributed by atoms with E-state index in [4.69, 9.17) is 10.8 Å². The van der Waals surface area contributed by atoms with Gasteiger partial charge in [-0.1, -0.05) is 0 Å². The van der Waals surface area contributed by atoms with Crippen LogP contribution < -0.4 is 11.1 Å². The number of pyridine rings is 1. The molecule has 19 heavy (non-hydrogen) atoms. The van der Waals surface area contributed by atoms with Crippen LogP contribution in [0.4, 0.5) is 11.5 Å². The fraction of sp³-hybridized carbons (Fsp3) is 0.250. The molecular weight excluding hydrogens is 264 g/mol. The van der Waals surface area contributed by atoms with Crippen molar-refractivity contribution in [2.24, 2.45) is 0 Å². The second-order valence-electron chi connectivity index (χ2n) is 4.03. The zero-order chi connectivity index (χ0) is 13.8.